The van der Waals surface area contributed by atoms with E-state index in [1.807, 2.05) is 17.0 Å². The lowest BCUT2D eigenvalue weighted by molar-refractivity contribution is -0.131. The molecule has 1 aliphatic heterocycles. The number of hydrogen-bond acceptors (Lipinski definition) is 3. The third-order valence-electron chi connectivity index (χ3n) is 3.38. The lowest BCUT2D eigenvalue weighted by Gasteiger charge is -2.17. The molecule has 1 saturated heterocycles. The summed E-state index contributed by atoms with van der Waals surface area (Å²) in [5, 5.41) is 8.82. The minimum Gasteiger partial charge on any atom is -0.338 e. The second kappa shape index (κ2) is 5.83. The summed E-state index contributed by atoms with van der Waals surface area (Å²) >= 11 is 0. The van der Waals surface area contributed by atoms with E-state index in [4.69, 9.17) is 5.26 Å². The van der Waals surface area contributed by atoms with Crippen LogP contribution in [0.3, 0.4) is 0 Å². The summed E-state index contributed by atoms with van der Waals surface area (Å²) in [6.07, 6.45) is 3.44. The van der Waals surface area contributed by atoms with Crippen LogP contribution in [-0.2, 0) is 11.3 Å². The number of amides is 1. The van der Waals surface area contributed by atoms with Crippen LogP contribution in [0.2, 0.25) is 0 Å². The summed E-state index contributed by atoms with van der Waals surface area (Å²) in [4.78, 5) is 18.0. The molecule has 19 heavy (non-hydrogen) atoms. The van der Waals surface area contributed by atoms with Crippen LogP contribution in [0.5, 0.6) is 0 Å². The zero-order valence-corrected chi connectivity index (χ0v) is 11.4. The first-order valence-electron chi connectivity index (χ1n) is 6.53. The van der Waals surface area contributed by atoms with Gasteiger partial charge in [-0.2, -0.15) is 5.26 Å². The Kier molecular flexibility index (Phi) is 4.16. The highest BCUT2D eigenvalue weighted by molar-refractivity contribution is 5.81. The average Bonchev–Trinajstić information content (AvgIpc) is 2.71. The molecule has 4 nitrogen and oxygen atoms in total. The van der Waals surface area contributed by atoms with Crippen LogP contribution in [0.15, 0.2) is 18.3 Å². The fraction of sp³-hybridized carbons (Fsp3) is 0.467. The Morgan fingerprint density at radius 1 is 1.58 bits per heavy atom. The van der Waals surface area contributed by atoms with E-state index in [0.717, 1.165) is 24.9 Å². The first kappa shape index (κ1) is 13.5. The van der Waals surface area contributed by atoms with Gasteiger partial charge in [0.25, 0.3) is 0 Å². The number of nitrogens with zero attached hydrogens (tertiary/aromatic N) is 3. The summed E-state index contributed by atoms with van der Waals surface area (Å²) in [5.41, 5.74) is 1.37. The maximum atomic E-state index is 12.2. The fourth-order valence-corrected chi connectivity index (χ4v) is 2.50. The van der Waals surface area contributed by atoms with Crippen LogP contribution in [0, 0.1) is 23.2 Å². The normalized spacial score (nSPS) is 18.9. The highest BCUT2D eigenvalue weighted by Crippen LogP contribution is 2.26. The maximum absolute atomic E-state index is 12.2. The Balaban J connectivity index is 2.01. The van der Waals surface area contributed by atoms with Crippen molar-refractivity contribution in [3.63, 3.8) is 0 Å². The van der Waals surface area contributed by atoms with Gasteiger partial charge in [-0.15, -0.1) is 0 Å². The predicted octanol–water partition coefficient (Wildman–Crippen LogP) is 2.31. The molecule has 1 aliphatic rings. The minimum absolute atomic E-state index is 0.141. The molecule has 2 heterocycles. The van der Waals surface area contributed by atoms with Crippen molar-refractivity contribution in [3.05, 3.63) is 35.5 Å². The Bertz CT molecular complexity index is 504. The number of likely N-dealkylation sites (tertiary alicyclic amines) is 1. The summed E-state index contributed by atoms with van der Waals surface area (Å²) in [5.74, 6) is 1.68. The Hall–Kier alpha value is -1.89. The smallest absolute Gasteiger partial charge is 0.226 e. The molecule has 99 valence electrons. The van der Waals surface area contributed by atoms with E-state index in [9.17, 15) is 4.79 Å². The summed E-state index contributed by atoms with van der Waals surface area (Å²) in [6, 6.07) is 5.63. The maximum Gasteiger partial charge on any atom is 0.226 e. The van der Waals surface area contributed by atoms with E-state index in [-0.39, 0.29) is 11.8 Å². The number of rotatable bonds is 4. The Morgan fingerprint density at radius 2 is 2.37 bits per heavy atom. The van der Waals surface area contributed by atoms with Crippen LogP contribution >= 0.6 is 0 Å². The summed E-state index contributed by atoms with van der Waals surface area (Å²) in [7, 11) is 0. The molecule has 1 aromatic rings. The number of carbonyl (C=O) groups excluding carboxylic acids is 1. The molecule has 1 amide bonds. The molecule has 0 saturated carbocycles. The second-order valence-electron chi connectivity index (χ2n) is 5.32. The van der Waals surface area contributed by atoms with Crippen molar-refractivity contribution < 1.29 is 4.79 Å². The average molecular weight is 256 g/mol. The van der Waals surface area contributed by atoms with Gasteiger partial charge >= 0.3 is 0 Å². The van der Waals surface area contributed by atoms with Gasteiger partial charge in [0.2, 0.25) is 5.91 Å². The zero-order chi connectivity index (χ0) is 13.8. The van der Waals surface area contributed by atoms with Crippen molar-refractivity contribution in [1.82, 2.24) is 9.88 Å². The topological polar surface area (TPSA) is 57.0 Å². The SMILES string of the molecule is C[C](C)C[C@H]1CCN(Cc2ccnc(C#N)c2)C1=O. The number of aromatic nitrogens is 1. The van der Waals surface area contributed by atoms with E-state index >= 15 is 0 Å². The lowest BCUT2D eigenvalue weighted by atomic mass is 9.96. The zero-order valence-electron chi connectivity index (χ0n) is 11.4. The van der Waals surface area contributed by atoms with Crippen molar-refractivity contribution in [2.75, 3.05) is 6.54 Å². The van der Waals surface area contributed by atoms with E-state index in [1.54, 1.807) is 12.3 Å². The molecule has 0 bridgehead atoms. The van der Waals surface area contributed by atoms with Crippen molar-refractivity contribution in [3.8, 4) is 6.07 Å². The van der Waals surface area contributed by atoms with Crippen LogP contribution in [0.4, 0.5) is 0 Å². The molecule has 0 spiro atoms. The van der Waals surface area contributed by atoms with Gasteiger partial charge in [0, 0.05) is 25.2 Å². The van der Waals surface area contributed by atoms with Gasteiger partial charge in [0.05, 0.1) is 0 Å². The molecular formula is C15H18N3O. The van der Waals surface area contributed by atoms with Crippen LogP contribution in [0.25, 0.3) is 0 Å². The molecule has 0 aromatic carbocycles. The standard InChI is InChI=1S/C15H18N3O/c1-11(2)7-13-4-6-18(15(13)19)10-12-3-5-17-14(8-12)9-16/h3,5,8,13H,4,6-7,10H2,1-2H3/t13-/m1/s1. The highest BCUT2D eigenvalue weighted by Gasteiger charge is 2.31. The first-order valence-corrected chi connectivity index (χ1v) is 6.53. The Labute approximate surface area is 114 Å². The van der Waals surface area contributed by atoms with E-state index in [0.29, 0.717) is 12.2 Å². The largest absolute Gasteiger partial charge is 0.338 e. The molecule has 0 aliphatic carbocycles. The number of pyridine rings is 1. The van der Waals surface area contributed by atoms with Gasteiger partial charge in [0.15, 0.2) is 0 Å². The van der Waals surface area contributed by atoms with Crippen molar-refractivity contribution >= 4 is 5.91 Å². The molecule has 1 atom stereocenters. The predicted molar refractivity (Wildman–Crippen MR) is 71.7 cm³/mol. The second-order valence-corrected chi connectivity index (χ2v) is 5.32. The van der Waals surface area contributed by atoms with Gasteiger partial charge < -0.3 is 4.90 Å². The third kappa shape index (κ3) is 3.31. The first-order chi connectivity index (χ1) is 9.10. The van der Waals surface area contributed by atoms with E-state index < -0.39 is 0 Å². The molecule has 4 heteroatoms. The van der Waals surface area contributed by atoms with Crippen LogP contribution in [0.1, 0.15) is 37.9 Å². The molecule has 1 fully saturated rings. The number of carbonyl (C=O) groups is 1. The molecule has 1 aromatic heterocycles. The lowest BCUT2D eigenvalue weighted by Crippen LogP contribution is -2.27. The van der Waals surface area contributed by atoms with Gasteiger partial charge in [-0.05, 0) is 36.5 Å². The fourth-order valence-electron chi connectivity index (χ4n) is 2.50. The highest BCUT2D eigenvalue weighted by atomic mass is 16.2. The molecule has 2 rings (SSSR count). The quantitative estimate of drug-likeness (QED) is 0.830. The van der Waals surface area contributed by atoms with Gasteiger partial charge in [-0.1, -0.05) is 13.8 Å². The number of nitriles is 1. The Morgan fingerprint density at radius 3 is 3.05 bits per heavy atom. The molecular weight excluding hydrogens is 238 g/mol. The summed E-state index contributed by atoms with van der Waals surface area (Å²) in [6.45, 7) is 5.52. The van der Waals surface area contributed by atoms with E-state index in [2.05, 4.69) is 18.8 Å². The van der Waals surface area contributed by atoms with Crippen molar-refractivity contribution in [2.24, 2.45) is 5.92 Å². The van der Waals surface area contributed by atoms with Crippen LogP contribution < -0.4 is 0 Å². The van der Waals surface area contributed by atoms with Crippen LogP contribution in [-0.4, -0.2) is 22.3 Å². The van der Waals surface area contributed by atoms with Gasteiger partial charge in [-0.3, -0.25) is 4.79 Å². The summed E-state index contributed by atoms with van der Waals surface area (Å²) < 4.78 is 0. The van der Waals surface area contributed by atoms with E-state index in [1.165, 1.54) is 5.92 Å². The van der Waals surface area contributed by atoms with Gasteiger partial charge in [0.1, 0.15) is 11.8 Å². The molecule has 1 radical (unpaired) electrons. The van der Waals surface area contributed by atoms with Crippen molar-refractivity contribution in [2.45, 2.75) is 33.2 Å². The third-order valence-corrected chi connectivity index (χ3v) is 3.38. The molecule has 0 N–H and O–H groups in total. The van der Waals surface area contributed by atoms with Crippen molar-refractivity contribution in [1.29, 1.82) is 5.26 Å². The molecule has 0 unspecified atom stereocenters. The van der Waals surface area contributed by atoms with Gasteiger partial charge in [-0.25, -0.2) is 4.98 Å². The minimum atomic E-state index is 0.141. The number of hydrogen-bond donors (Lipinski definition) is 0. The monoisotopic (exact) mass is 256 g/mol.